The molecule has 0 saturated carbocycles. The molecule has 0 aliphatic carbocycles. The third-order valence-electron chi connectivity index (χ3n) is 3.94. The van der Waals surface area contributed by atoms with Gasteiger partial charge < -0.3 is 20.2 Å². The zero-order valence-electron chi connectivity index (χ0n) is 14.6. The Morgan fingerprint density at radius 2 is 1.92 bits per heavy atom. The highest BCUT2D eigenvalue weighted by molar-refractivity contribution is 6.39. The molecule has 0 bridgehead atoms. The molecule has 0 fully saturated rings. The van der Waals surface area contributed by atoms with Crippen LogP contribution in [0.15, 0.2) is 28.7 Å². The van der Waals surface area contributed by atoms with Gasteiger partial charge in [-0.3, -0.25) is 9.59 Å². The number of hydrogen-bond acceptors (Lipinski definition) is 4. The number of aliphatic hydroxyl groups is 1. The summed E-state index contributed by atoms with van der Waals surface area (Å²) in [4.78, 5) is 23.9. The summed E-state index contributed by atoms with van der Waals surface area (Å²) < 4.78 is 18.8. The van der Waals surface area contributed by atoms with Crippen molar-refractivity contribution >= 4 is 17.5 Å². The minimum atomic E-state index is -1.40. The van der Waals surface area contributed by atoms with Crippen LogP contribution in [0.1, 0.15) is 29.6 Å². The van der Waals surface area contributed by atoms with E-state index in [4.69, 9.17) is 4.42 Å². The first kappa shape index (κ1) is 18.7. The van der Waals surface area contributed by atoms with Gasteiger partial charge in [0, 0.05) is 16.8 Å². The summed E-state index contributed by atoms with van der Waals surface area (Å²) in [7, 11) is 0. The lowest BCUT2D eigenvalue weighted by atomic mass is 9.96. The summed E-state index contributed by atoms with van der Waals surface area (Å²) in [5, 5.41) is 15.3. The molecule has 2 rings (SSSR count). The Bertz CT molecular complexity index is 811. The van der Waals surface area contributed by atoms with E-state index in [-0.39, 0.29) is 17.8 Å². The van der Waals surface area contributed by atoms with Gasteiger partial charge in [0.15, 0.2) is 0 Å². The van der Waals surface area contributed by atoms with Crippen LogP contribution in [0.4, 0.5) is 10.1 Å². The van der Waals surface area contributed by atoms with Gasteiger partial charge in [-0.25, -0.2) is 4.39 Å². The molecule has 0 aliphatic rings. The Morgan fingerprint density at radius 3 is 2.52 bits per heavy atom. The predicted molar refractivity (Wildman–Crippen MR) is 90.5 cm³/mol. The van der Waals surface area contributed by atoms with Crippen LogP contribution in [0.5, 0.6) is 0 Å². The monoisotopic (exact) mass is 348 g/mol. The van der Waals surface area contributed by atoms with Gasteiger partial charge in [0.05, 0.1) is 6.54 Å². The fraction of sp³-hybridized carbons (Fsp3) is 0.333. The maximum Gasteiger partial charge on any atom is 0.313 e. The molecule has 1 atom stereocenters. The van der Waals surface area contributed by atoms with Gasteiger partial charge in [0.1, 0.15) is 22.9 Å². The highest BCUT2D eigenvalue weighted by atomic mass is 19.1. The zero-order valence-corrected chi connectivity index (χ0v) is 14.6. The van der Waals surface area contributed by atoms with Gasteiger partial charge in [-0.05, 0) is 45.9 Å². The molecule has 6 nitrogen and oxygen atoms in total. The first-order valence-electron chi connectivity index (χ1n) is 7.76. The third kappa shape index (κ3) is 4.24. The van der Waals surface area contributed by atoms with Crippen molar-refractivity contribution in [2.45, 2.75) is 33.3 Å². The number of carbonyl (C=O) groups excluding carboxylic acids is 2. The number of halogens is 1. The van der Waals surface area contributed by atoms with Gasteiger partial charge in [-0.15, -0.1) is 0 Å². The number of amides is 2. The van der Waals surface area contributed by atoms with Crippen LogP contribution in [0, 0.1) is 26.6 Å². The van der Waals surface area contributed by atoms with Crippen molar-refractivity contribution in [1.82, 2.24) is 5.32 Å². The van der Waals surface area contributed by atoms with Gasteiger partial charge in [0.25, 0.3) is 0 Å². The van der Waals surface area contributed by atoms with Crippen LogP contribution in [0.25, 0.3) is 0 Å². The van der Waals surface area contributed by atoms with E-state index in [1.807, 2.05) is 0 Å². The maximum absolute atomic E-state index is 13.5. The predicted octanol–water partition coefficient (Wildman–Crippen LogP) is 2.31. The van der Waals surface area contributed by atoms with Crippen molar-refractivity contribution in [2.75, 3.05) is 11.9 Å². The summed E-state index contributed by atoms with van der Waals surface area (Å²) in [5.74, 6) is -1.17. The summed E-state index contributed by atoms with van der Waals surface area (Å²) in [6, 6.07) is 5.87. The molecule has 2 amide bonds. The molecule has 25 heavy (non-hydrogen) atoms. The Hall–Kier alpha value is -2.67. The molecule has 3 N–H and O–H groups in total. The molecule has 1 aromatic carbocycles. The van der Waals surface area contributed by atoms with Crippen molar-refractivity contribution in [3.63, 3.8) is 0 Å². The number of hydrogen-bond donors (Lipinski definition) is 3. The lowest BCUT2D eigenvalue weighted by Gasteiger charge is -2.23. The van der Waals surface area contributed by atoms with Crippen LogP contribution in [0.3, 0.4) is 0 Å². The molecule has 1 aromatic heterocycles. The standard InChI is InChI=1S/C18H21FN2O4/c1-10-8-13(12(3)25-10)18(4,24)9-20-16(22)17(23)21-15-7-5-6-14(19)11(15)2/h5-8,24H,9H2,1-4H3,(H,20,22)(H,21,23). The molecular formula is C18H21FN2O4. The molecule has 1 heterocycles. The fourth-order valence-electron chi connectivity index (χ4n) is 2.52. The molecular weight excluding hydrogens is 327 g/mol. The molecule has 134 valence electrons. The maximum atomic E-state index is 13.5. The number of carbonyl (C=O) groups is 2. The zero-order chi connectivity index (χ0) is 18.8. The molecule has 7 heteroatoms. The van der Waals surface area contributed by atoms with Crippen LogP contribution >= 0.6 is 0 Å². The van der Waals surface area contributed by atoms with E-state index in [1.165, 1.54) is 32.0 Å². The second-order valence-corrected chi connectivity index (χ2v) is 6.15. The Kier molecular flexibility index (Phi) is 5.27. The first-order chi connectivity index (χ1) is 11.6. The summed E-state index contributed by atoms with van der Waals surface area (Å²) >= 11 is 0. The highest BCUT2D eigenvalue weighted by Crippen LogP contribution is 2.26. The van der Waals surface area contributed by atoms with Crippen molar-refractivity contribution < 1.29 is 23.5 Å². The lowest BCUT2D eigenvalue weighted by molar-refractivity contribution is -0.136. The SMILES string of the molecule is Cc1cc(C(C)(O)CNC(=O)C(=O)Nc2cccc(F)c2C)c(C)o1. The normalized spacial score (nSPS) is 13.2. The average molecular weight is 348 g/mol. The van der Waals surface area contributed by atoms with E-state index < -0.39 is 23.2 Å². The quantitative estimate of drug-likeness (QED) is 0.740. The second kappa shape index (κ2) is 7.06. The number of nitrogens with one attached hydrogen (secondary N) is 2. The summed E-state index contributed by atoms with van der Waals surface area (Å²) in [6.07, 6.45) is 0. The summed E-state index contributed by atoms with van der Waals surface area (Å²) in [5.41, 5.74) is -0.410. The Morgan fingerprint density at radius 1 is 1.24 bits per heavy atom. The third-order valence-corrected chi connectivity index (χ3v) is 3.94. The lowest BCUT2D eigenvalue weighted by Crippen LogP contribution is -2.43. The van der Waals surface area contributed by atoms with E-state index in [0.29, 0.717) is 17.1 Å². The van der Waals surface area contributed by atoms with E-state index in [2.05, 4.69) is 10.6 Å². The van der Waals surface area contributed by atoms with Crippen molar-refractivity contribution in [3.8, 4) is 0 Å². The second-order valence-electron chi connectivity index (χ2n) is 6.15. The smallest absolute Gasteiger partial charge is 0.313 e. The topological polar surface area (TPSA) is 91.6 Å². The molecule has 1 unspecified atom stereocenters. The molecule has 0 radical (unpaired) electrons. The largest absolute Gasteiger partial charge is 0.466 e. The number of rotatable bonds is 4. The fourth-order valence-corrected chi connectivity index (χ4v) is 2.52. The number of furan rings is 1. The molecule has 0 aliphatic heterocycles. The van der Waals surface area contributed by atoms with Gasteiger partial charge in [-0.2, -0.15) is 0 Å². The van der Waals surface area contributed by atoms with Gasteiger partial charge >= 0.3 is 11.8 Å². The minimum Gasteiger partial charge on any atom is -0.466 e. The average Bonchev–Trinajstić information content (AvgIpc) is 2.89. The molecule has 0 spiro atoms. The van der Waals surface area contributed by atoms with E-state index in [1.54, 1.807) is 19.9 Å². The molecule has 0 saturated heterocycles. The van der Waals surface area contributed by atoms with E-state index in [9.17, 15) is 19.1 Å². The van der Waals surface area contributed by atoms with Crippen LogP contribution in [-0.4, -0.2) is 23.5 Å². The van der Waals surface area contributed by atoms with Gasteiger partial charge in [-0.1, -0.05) is 6.07 Å². The minimum absolute atomic E-state index is 0.179. The van der Waals surface area contributed by atoms with E-state index >= 15 is 0 Å². The number of aryl methyl sites for hydroxylation is 2. The number of benzene rings is 1. The molecule has 2 aromatic rings. The Balaban J connectivity index is 2.00. The van der Waals surface area contributed by atoms with Crippen LogP contribution in [-0.2, 0) is 15.2 Å². The first-order valence-corrected chi connectivity index (χ1v) is 7.76. The van der Waals surface area contributed by atoms with Crippen molar-refractivity contribution in [2.24, 2.45) is 0 Å². The highest BCUT2D eigenvalue weighted by Gasteiger charge is 2.29. The number of anilines is 1. The van der Waals surface area contributed by atoms with Crippen LogP contribution in [0.2, 0.25) is 0 Å². The van der Waals surface area contributed by atoms with Crippen molar-refractivity contribution in [3.05, 3.63) is 52.7 Å². The van der Waals surface area contributed by atoms with Crippen molar-refractivity contribution in [1.29, 1.82) is 0 Å². The summed E-state index contributed by atoms with van der Waals surface area (Å²) in [6.45, 7) is 6.29. The Labute approximate surface area is 145 Å². The van der Waals surface area contributed by atoms with Crippen LogP contribution < -0.4 is 10.6 Å². The van der Waals surface area contributed by atoms with E-state index in [0.717, 1.165) is 0 Å². The van der Waals surface area contributed by atoms with Gasteiger partial charge in [0.2, 0.25) is 0 Å².